The van der Waals surface area contributed by atoms with Gasteiger partial charge >= 0.3 is 0 Å². The van der Waals surface area contributed by atoms with Crippen LogP contribution in [-0.2, 0) is 4.79 Å². The molecule has 0 atom stereocenters. The number of hydrogen-bond acceptors (Lipinski definition) is 4. The molecule has 0 unspecified atom stereocenters. The molecule has 1 N–H and O–H groups in total. The summed E-state index contributed by atoms with van der Waals surface area (Å²) in [5, 5.41) is 12.8. The minimum Gasteiger partial charge on any atom is -0.481 e. The Balaban J connectivity index is 2.07. The molecule has 0 heterocycles. The van der Waals surface area contributed by atoms with E-state index >= 15 is 0 Å². The first-order valence-corrected chi connectivity index (χ1v) is 8.30. The van der Waals surface area contributed by atoms with Crippen LogP contribution in [0.4, 0.5) is 11.4 Å². The molecule has 0 spiro atoms. The maximum atomic E-state index is 11.9. The number of halogens is 5. The van der Waals surface area contributed by atoms with Crippen LogP contribution >= 0.6 is 58.0 Å². The van der Waals surface area contributed by atoms with E-state index in [0.29, 0.717) is 5.69 Å². The van der Waals surface area contributed by atoms with Crippen molar-refractivity contribution in [2.75, 3.05) is 11.9 Å². The van der Waals surface area contributed by atoms with E-state index in [-0.39, 0.29) is 36.6 Å². The highest BCUT2D eigenvalue weighted by Crippen LogP contribution is 2.48. The van der Waals surface area contributed by atoms with E-state index in [2.05, 4.69) is 5.32 Å². The minimum atomic E-state index is -0.553. The number of nitro groups is 1. The van der Waals surface area contributed by atoms with E-state index in [0.717, 1.165) is 0 Å². The standard InChI is InChI=1S/C14H7Cl5N2O4/c15-9-10(16)12(18)14(13(19)11(9)17)25-5-8(22)20-6-1-3-7(4-2-6)21(23)24/h1-4H,5H2,(H,20,22). The van der Waals surface area contributed by atoms with E-state index in [4.69, 9.17) is 62.7 Å². The lowest BCUT2D eigenvalue weighted by atomic mass is 10.3. The van der Waals surface area contributed by atoms with Gasteiger partial charge in [-0.2, -0.15) is 0 Å². The topological polar surface area (TPSA) is 81.5 Å². The largest absolute Gasteiger partial charge is 0.481 e. The molecule has 2 aromatic rings. The van der Waals surface area contributed by atoms with E-state index in [1.54, 1.807) is 0 Å². The maximum absolute atomic E-state index is 11.9. The quantitative estimate of drug-likeness (QED) is 0.270. The number of rotatable bonds is 5. The molecule has 0 fully saturated rings. The van der Waals surface area contributed by atoms with E-state index in [1.165, 1.54) is 24.3 Å². The van der Waals surface area contributed by atoms with Gasteiger partial charge in [-0.25, -0.2) is 0 Å². The summed E-state index contributed by atoms with van der Waals surface area (Å²) < 4.78 is 5.27. The number of carbonyl (C=O) groups excluding carboxylic acids is 1. The molecule has 11 heteroatoms. The fourth-order valence-corrected chi connectivity index (χ4v) is 2.94. The fraction of sp³-hybridized carbons (Fsp3) is 0.0714. The average molecular weight is 444 g/mol. The number of nitro benzene ring substituents is 1. The number of nitrogens with zero attached hydrogens (tertiary/aromatic N) is 1. The molecule has 0 aliphatic rings. The second-order valence-corrected chi connectivity index (χ2v) is 6.43. The molecule has 0 aliphatic carbocycles. The molecule has 2 rings (SSSR count). The van der Waals surface area contributed by atoms with Gasteiger partial charge in [0.15, 0.2) is 12.4 Å². The highest BCUT2D eigenvalue weighted by Gasteiger charge is 2.21. The van der Waals surface area contributed by atoms with Crippen LogP contribution in [-0.4, -0.2) is 17.4 Å². The smallest absolute Gasteiger partial charge is 0.269 e. The van der Waals surface area contributed by atoms with Crippen LogP contribution in [0.2, 0.25) is 25.1 Å². The highest BCUT2D eigenvalue weighted by molar-refractivity contribution is 6.55. The number of non-ortho nitro benzene ring substituents is 1. The summed E-state index contributed by atoms with van der Waals surface area (Å²) in [6, 6.07) is 5.27. The van der Waals surface area contributed by atoms with Gasteiger partial charge in [-0.05, 0) is 12.1 Å². The van der Waals surface area contributed by atoms with Gasteiger partial charge < -0.3 is 10.1 Å². The third-order valence-corrected chi connectivity index (χ3v) is 5.12. The Hall–Kier alpha value is -1.44. The molecule has 0 bridgehead atoms. The summed E-state index contributed by atoms with van der Waals surface area (Å²) in [7, 11) is 0. The zero-order valence-corrected chi connectivity index (χ0v) is 15.8. The normalized spacial score (nSPS) is 10.4. The van der Waals surface area contributed by atoms with Crippen LogP contribution in [0.3, 0.4) is 0 Å². The molecule has 1 amide bonds. The van der Waals surface area contributed by atoms with Crippen molar-refractivity contribution in [3.8, 4) is 5.75 Å². The van der Waals surface area contributed by atoms with Gasteiger partial charge in [-0.1, -0.05) is 58.0 Å². The van der Waals surface area contributed by atoms with Crippen LogP contribution in [0.25, 0.3) is 0 Å². The summed E-state index contributed by atoms with van der Waals surface area (Å²) in [5.74, 6) is -0.634. The van der Waals surface area contributed by atoms with Crippen molar-refractivity contribution >= 4 is 75.3 Å². The summed E-state index contributed by atoms with van der Waals surface area (Å²) in [5.41, 5.74) is 0.252. The summed E-state index contributed by atoms with van der Waals surface area (Å²) >= 11 is 29.6. The average Bonchev–Trinajstić information content (AvgIpc) is 2.58. The van der Waals surface area contributed by atoms with Crippen molar-refractivity contribution in [3.05, 3.63) is 59.5 Å². The summed E-state index contributed by atoms with van der Waals surface area (Å²) in [4.78, 5) is 21.9. The highest BCUT2D eigenvalue weighted by atomic mass is 35.5. The van der Waals surface area contributed by atoms with E-state index in [9.17, 15) is 14.9 Å². The lowest BCUT2D eigenvalue weighted by Crippen LogP contribution is -2.20. The Morgan fingerprint density at radius 1 is 0.960 bits per heavy atom. The molecular weight excluding hydrogens is 437 g/mol. The Morgan fingerprint density at radius 2 is 1.44 bits per heavy atom. The Morgan fingerprint density at radius 3 is 1.92 bits per heavy atom. The number of nitrogens with one attached hydrogen (secondary N) is 1. The Bertz CT molecular complexity index is 813. The fourth-order valence-electron chi connectivity index (χ4n) is 1.71. The third kappa shape index (κ3) is 4.59. The van der Waals surface area contributed by atoms with Gasteiger partial charge in [0.2, 0.25) is 0 Å². The first kappa shape index (κ1) is 19.9. The number of benzene rings is 2. The van der Waals surface area contributed by atoms with Crippen molar-refractivity contribution < 1.29 is 14.5 Å². The van der Waals surface area contributed by atoms with Crippen LogP contribution in [0.15, 0.2) is 24.3 Å². The number of hydrogen-bond donors (Lipinski definition) is 1. The van der Waals surface area contributed by atoms with Gasteiger partial charge in [-0.3, -0.25) is 14.9 Å². The molecular formula is C14H7Cl5N2O4. The van der Waals surface area contributed by atoms with Crippen LogP contribution in [0.5, 0.6) is 5.75 Å². The van der Waals surface area contributed by atoms with Crippen LogP contribution in [0, 0.1) is 10.1 Å². The summed E-state index contributed by atoms with van der Waals surface area (Å²) in [6.45, 7) is -0.454. The van der Waals surface area contributed by atoms with Gasteiger partial charge in [0.05, 0.1) is 20.0 Å². The molecule has 2 aromatic carbocycles. The maximum Gasteiger partial charge on any atom is 0.269 e. The van der Waals surface area contributed by atoms with Crippen LogP contribution < -0.4 is 10.1 Å². The lowest BCUT2D eigenvalue weighted by molar-refractivity contribution is -0.384. The first-order valence-electron chi connectivity index (χ1n) is 6.41. The van der Waals surface area contributed by atoms with Crippen molar-refractivity contribution in [2.24, 2.45) is 0 Å². The number of carbonyl (C=O) groups is 1. The molecule has 25 heavy (non-hydrogen) atoms. The molecule has 6 nitrogen and oxygen atoms in total. The SMILES string of the molecule is O=C(COc1c(Cl)c(Cl)c(Cl)c(Cl)c1Cl)Nc1ccc([N+](=O)[O-])cc1. The Labute approximate surface area is 166 Å². The van der Waals surface area contributed by atoms with Crippen molar-refractivity contribution in [1.82, 2.24) is 0 Å². The van der Waals surface area contributed by atoms with Gasteiger partial charge in [0.1, 0.15) is 10.0 Å². The van der Waals surface area contributed by atoms with Crippen molar-refractivity contribution in [3.63, 3.8) is 0 Å². The summed E-state index contributed by atoms with van der Waals surface area (Å²) in [6.07, 6.45) is 0. The monoisotopic (exact) mass is 442 g/mol. The van der Waals surface area contributed by atoms with Crippen molar-refractivity contribution in [2.45, 2.75) is 0 Å². The molecule has 0 aliphatic heterocycles. The van der Waals surface area contributed by atoms with E-state index in [1.807, 2.05) is 0 Å². The minimum absolute atomic E-state index is 0.0268. The van der Waals surface area contributed by atoms with Gasteiger partial charge in [0, 0.05) is 17.8 Å². The van der Waals surface area contributed by atoms with Crippen molar-refractivity contribution in [1.29, 1.82) is 0 Å². The van der Waals surface area contributed by atoms with Gasteiger partial charge in [-0.15, -0.1) is 0 Å². The molecule has 0 radical (unpaired) electrons. The molecule has 132 valence electrons. The van der Waals surface area contributed by atoms with Crippen LogP contribution in [0.1, 0.15) is 0 Å². The second-order valence-electron chi connectivity index (χ2n) is 4.54. The number of amides is 1. The predicted molar refractivity (Wildman–Crippen MR) is 98.7 cm³/mol. The van der Waals surface area contributed by atoms with Gasteiger partial charge in [0.25, 0.3) is 11.6 Å². The lowest BCUT2D eigenvalue weighted by Gasteiger charge is -2.13. The molecule has 0 saturated heterocycles. The Kier molecular flexibility index (Phi) is 6.59. The zero-order chi connectivity index (χ0) is 18.7. The zero-order valence-electron chi connectivity index (χ0n) is 12.0. The first-order chi connectivity index (χ1) is 11.7. The number of ether oxygens (including phenoxy) is 1. The molecule has 0 aromatic heterocycles. The predicted octanol–water partition coefficient (Wildman–Crippen LogP) is 5.88. The number of anilines is 1. The third-order valence-electron chi connectivity index (χ3n) is 2.88. The molecule has 0 saturated carbocycles. The van der Waals surface area contributed by atoms with E-state index < -0.39 is 17.4 Å². The second kappa shape index (κ2) is 8.29.